The van der Waals surface area contributed by atoms with E-state index in [0.717, 1.165) is 31.6 Å². The van der Waals surface area contributed by atoms with E-state index in [1.165, 1.54) is 141 Å². The van der Waals surface area contributed by atoms with Gasteiger partial charge in [0.15, 0.2) is 0 Å². The van der Waals surface area contributed by atoms with Gasteiger partial charge in [-0.3, -0.25) is 4.79 Å². The van der Waals surface area contributed by atoms with Crippen LogP contribution in [-0.2, 0) is 4.79 Å². The summed E-state index contributed by atoms with van der Waals surface area (Å²) >= 11 is 0. The molecule has 0 saturated heterocycles. The molecule has 0 aromatic carbocycles. The van der Waals surface area contributed by atoms with Gasteiger partial charge in [0.2, 0.25) is 0 Å². The van der Waals surface area contributed by atoms with Gasteiger partial charge in [0.05, 0.1) is 5.92 Å². The highest BCUT2D eigenvalue weighted by molar-refractivity contribution is 5.69. The van der Waals surface area contributed by atoms with E-state index in [-0.39, 0.29) is 5.92 Å². The van der Waals surface area contributed by atoms with Gasteiger partial charge < -0.3 is 5.11 Å². The number of hydrogen-bond donors (Lipinski definition) is 1. The third-order valence-electron chi connectivity index (χ3n) is 7.75. The molecule has 2 heteroatoms. The third-order valence-corrected chi connectivity index (χ3v) is 7.75. The molecule has 0 aromatic heterocycles. The first-order valence-corrected chi connectivity index (χ1v) is 16.5. The van der Waals surface area contributed by atoms with Crippen LogP contribution in [0, 0.1) is 11.8 Å². The zero-order chi connectivity index (χ0) is 26.5. The number of rotatable bonds is 29. The number of aliphatic carboxylic acids is 1. The first kappa shape index (κ1) is 35.2. The molecule has 0 aromatic rings. The van der Waals surface area contributed by atoms with Crippen LogP contribution in [0.5, 0.6) is 0 Å². The minimum absolute atomic E-state index is 0.113. The Morgan fingerprint density at radius 1 is 0.528 bits per heavy atom. The summed E-state index contributed by atoms with van der Waals surface area (Å²) in [6.07, 6.45) is 38.0. The monoisotopic (exact) mass is 507 g/mol. The Labute approximate surface area is 227 Å². The Bertz CT molecular complexity index is 468. The van der Waals surface area contributed by atoms with Crippen molar-refractivity contribution in [3.63, 3.8) is 0 Å². The second kappa shape index (κ2) is 28.8. The molecule has 36 heavy (non-hydrogen) atoms. The quantitative estimate of drug-likeness (QED) is 0.0808. The van der Waals surface area contributed by atoms with Gasteiger partial charge in [0.25, 0.3) is 0 Å². The molecule has 0 fully saturated rings. The Morgan fingerprint density at radius 3 is 1.22 bits per heavy atom. The van der Waals surface area contributed by atoms with Crippen LogP contribution in [0.2, 0.25) is 0 Å². The molecule has 1 atom stereocenters. The molecule has 0 heterocycles. The molecule has 0 spiro atoms. The van der Waals surface area contributed by atoms with E-state index in [4.69, 9.17) is 0 Å². The average Bonchev–Trinajstić information content (AvgIpc) is 2.85. The summed E-state index contributed by atoms with van der Waals surface area (Å²) in [6, 6.07) is 0. The maximum atomic E-state index is 11.6. The van der Waals surface area contributed by atoms with E-state index >= 15 is 0 Å². The van der Waals surface area contributed by atoms with Crippen LogP contribution in [-0.4, -0.2) is 11.1 Å². The van der Waals surface area contributed by atoms with Crippen molar-refractivity contribution in [2.45, 2.75) is 188 Å². The standard InChI is InChI=1S/C34H66O2/c1-4-5-6-7-8-9-10-11-12-15-18-21-24-27-30-33(34(35)36)31-28-25-22-19-16-13-14-17-20-23-26-29-32(2)3/h11-12,32-33H,4-10,13-31H2,1-3H3,(H,35,36). The van der Waals surface area contributed by atoms with Gasteiger partial charge in [-0.25, -0.2) is 0 Å². The summed E-state index contributed by atoms with van der Waals surface area (Å²) in [7, 11) is 0. The van der Waals surface area contributed by atoms with Gasteiger partial charge in [-0.1, -0.05) is 161 Å². The van der Waals surface area contributed by atoms with Crippen molar-refractivity contribution in [3.8, 4) is 0 Å². The lowest BCUT2D eigenvalue weighted by Gasteiger charge is -2.12. The van der Waals surface area contributed by atoms with E-state index < -0.39 is 5.97 Å². The Hall–Kier alpha value is -0.790. The van der Waals surface area contributed by atoms with Crippen molar-refractivity contribution in [3.05, 3.63) is 12.2 Å². The molecule has 0 radical (unpaired) electrons. The normalized spacial score (nSPS) is 12.7. The van der Waals surface area contributed by atoms with Crippen molar-refractivity contribution in [2.75, 3.05) is 0 Å². The summed E-state index contributed by atoms with van der Waals surface area (Å²) in [4.78, 5) is 11.6. The minimum atomic E-state index is -0.568. The number of unbranched alkanes of at least 4 members (excludes halogenated alkanes) is 20. The molecule has 0 bridgehead atoms. The summed E-state index contributed by atoms with van der Waals surface area (Å²) in [5.74, 6) is 0.177. The fourth-order valence-corrected chi connectivity index (χ4v) is 5.21. The molecular formula is C34H66O2. The first-order chi connectivity index (χ1) is 17.6. The molecule has 0 aliphatic rings. The smallest absolute Gasteiger partial charge is 0.306 e. The van der Waals surface area contributed by atoms with Gasteiger partial charge in [0.1, 0.15) is 0 Å². The Balaban J connectivity index is 3.47. The van der Waals surface area contributed by atoms with Crippen LogP contribution in [0.3, 0.4) is 0 Å². The van der Waals surface area contributed by atoms with E-state index in [1.54, 1.807) is 0 Å². The lowest BCUT2D eigenvalue weighted by Crippen LogP contribution is -2.13. The number of carboxylic acids is 1. The van der Waals surface area contributed by atoms with E-state index in [1.807, 2.05) is 0 Å². The molecule has 0 amide bonds. The van der Waals surface area contributed by atoms with Crippen molar-refractivity contribution in [2.24, 2.45) is 11.8 Å². The lowest BCUT2D eigenvalue weighted by molar-refractivity contribution is -0.142. The second-order valence-corrected chi connectivity index (χ2v) is 11.9. The predicted molar refractivity (Wildman–Crippen MR) is 161 cm³/mol. The summed E-state index contributed by atoms with van der Waals surface area (Å²) in [6.45, 7) is 6.91. The SMILES string of the molecule is CCCCCCCCC=CCCCCCCC(CCCCCCCCCCCCCC(C)C)C(=O)O. The molecule has 0 saturated carbocycles. The van der Waals surface area contributed by atoms with E-state index in [2.05, 4.69) is 32.9 Å². The minimum Gasteiger partial charge on any atom is -0.481 e. The Morgan fingerprint density at radius 2 is 0.861 bits per heavy atom. The van der Waals surface area contributed by atoms with Gasteiger partial charge >= 0.3 is 5.97 Å². The number of allylic oxidation sites excluding steroid dienone is 2. The number of hydrogen-bond acceptors (Lipinski definition) is 1. The van der Waals surface area contributed by atoms with Crippen molar-refractivity contribution in [1.29, 1.82) is 0 Å². The molecule has 1 N–H and O–H groups in total. The van der Waals surface area contributed by atoms with Crippen LogP contribution >= 0.6 is 0 Å². The lowest BCUT2D eigenvalue weighted by atomic mass is 9.94. The maximum absolute atomic E-state index is 11.6. The van der Waals surface area contributed by atoms with Crippen molar-refractivity contribution < 1.29 is 9.90 Å². The average molecular weight is 507 g/mol. The van der Waals surface area contributed by atoms with Crippen LogP contribution in [0.1, 0.15) is 188 Å². The van der Waals surface area contributed by atoms with E-state index in [0.29, 0.717) is 0 Å². The summed E-state index contributed by atoms with van der Waals surface area (Å²) < 4.78 is 0. The molecule has 214 valence electrons. The van der Waals surface area contributed by atoms with Crippen LogP contribution in [0.25, 0.3) is 0 Å². The van der Waals surface area contributed by atoms with Gasteiger partial charge in [-0.15, -0.1) is 0 Å². The fourth-order valence-electron chi connectivity index (χ4n) is 5.21. The van der Waals surface area contributed by atoms with Gasteiger partial charge in [0, 0.05) is 0 Å². The van der Waals surface area contributed by atoms with Crippen LogP contribution in [0.15, 0.2) is 12.2 Å². The highest BCUT2D eigenvalue weighted by Crippen LogP contribution is 2.20. The topological polar surface area (TPSA) is 37.3 Å². The van der Waals surface area contributed by atoms with Gasteiger partial charge in [-0.05, 0) is 44.4 Å². The molecule has 2 nitrogen and oxygen atoms in total. The fraction of sp³-hybridized carbons (Fsp3) is 0.912. The summed E-state index contributed by atoms with van der Waals surface area (Å²) in [5, 5.41) is 9.57. The maximum Gasteiger partial charge on any atom is 0.306 e. The highest BCUT2D eigenvalue weighted by atomic mass is 16.4. The van der Waals surface area contributed by atoms with Gasteiger partial charge in [-0.2, -0.15) is 0 Å². The Kier molecular flexibility index (Phi) is 28.1. The van der Waals surface area contributed by atoms with Crippen LogP contribution in [0.4, 0.5) is 0 Å². The number of carboxylic acid groups (broad SMARTS) is 1. The first-order valence-electron chi connectivity index (χ1n) is 16.5. The molecule has 0 aliphatic heterocycles. The van der Waals surface area contributed by atoms with Crippen LogP contribution < -0.4 is 0 Å². The van der Waals surface area contributed by atoms with Crippen molar-refractivity contribution in [1.82, 2.24) is 0 Å². The zero-order valence-electron chi connectivity index (χ0n) is 25.0. The highest BCUT2D eigenvalue weighted by Gasteiger charge is 2.16. The van der Waals surface area contributed by atoms with E-state index in [9.17, 15) is 9.90 Å². The molecule has 0 aliphatic carbocycles. The van der Waals surface area contributed by atoms with Crippen molar-refractivity contribution >= 4 is 5.97 Å². The second-order valence-electron chi connectivity index (χ2n) is 11.9. The zero-order valence-corrected chi connectivity index (χ0v) is 25.0. The molecular weight excluding hydrogens is 440 g/mol. The summed E-state index contributed by atoms with van der Waals surface area (Å²) in [5.41, 5.74) is 0. The predicted octanol–water partition coefficient (Wildman–Crippen LogP) is 12.1. The molecule has 1 unspecified atom stereocenters. The largest absolute Gasteiger partial charge is 0.481 e. The molecule has 0 rings (SSSR count). The number of carbonyl (C=O) groups is 1. The third kappa shape index (κ3) is 27.8.